The number of rotatable bonds is 8. The topological polar surface area (TPSA) is 259 Å². The molecule has 0 spiro atoms. The second kappa shape index (κ2) is 8.64. The molecule has 20 heteroatoms. The van der Waals surface area contributed by atoms with E-state index in [1.807, 2.05) is 0 Å². The highest BCUT2D eigenvalue weighted by Gasteiger charge is 2.59. The molecule has 2 fully saturated rings. The molecule has 0 aliphatic carbocycles. The first-order valence-electron chi connectivity index (χ1n) is 8.65. The van der Waals surface area contributed by atoms with E-state index in [0.717, 1.165) is 4.57 Å². The van der Waals surface area contributed by atoms with Crippen molar-refractivity contribution in [1.82, 2.24) is 9.55 Å². The number of aryl methyl sites for hydroxylation is 1. The predicted molar refractivity (Wildman–Crippen MR) is 101 cm³/mol. The van der Waals surface area contributed by atoms with E-state index >= 15 is 0 Å². The summed E-state index contributed by atoms with van der Waals surface area (Å²) in [4.78, 5) is 51.9. The molecule has 2 bridgehead atoms. The van der Waals surface area contributed by atoms with Crippen LogP contribution in [-0.4, -0.2) is 65.3 Å². The Morgan fingerprint density at radius 3 is 2.53 bits per heavy atom. The third kappa shape index (κ3) is 5.54. The van der Waals surface area contributed by atoms with Crippen molar-refractivity contribution in [3.8, 4) is 0 Å². The fraction of sp³-hybridized carbons (Fsp3) is 0.667. The van der Waals surface area contributed by atoms with Gasteiger partial charge in [-0.25, -0.2) is 18.5 Å². The van der Waals surface area contributed by atoms with E-state index in [4.69, 9.17) is 25.0 Å². The van der Waals surface area contributed by atoms with Crippen molar-refractivity contribution in [3.05, 3.63) is 22.2 Å². The molecule has 2 aliphatic rings. The third-order valence-electron chi connectivity index (χ3n) is 4.66. The lowest BCUT2D eigenvalue weighted by Crippen LogP contribution is -2.51. The summed E-state index contributed by atoms with van der Waals surface area (Å²) in [5, 5.41) is 10.7. The number of aliphatic hydroxyl groups is 1. The number of aliphatic hydroxyl groups excluding tert-OH is 1. The SMILES string of the molecule is Cc1cn([C@@H]2O[C@@]3(COP(=O)(O)OP(=O)(O)OP(=O)(O)O)CCO[C@@H]2[C@@H]3O)c(=O)nc1N. The van der Waals surface area contributed by atoms with Crippen LogP contribution < -0.4 is 11.4 Å². The molecule has 3 rings (SSSR count). The van der Waals surface area contributed by atoms with Crippen molar-refractivity contribution in [2.24, 2.45) is 0 Å². The molecule has 1 aromatic heterocycles. The fourth-order valence-electron chi connectivity index (χ4n) is 3.24. The number of ether oxygens (including phenoxy) is 2. The molecule has 0 radical (unpaired) electrons. The van der Waals surface area contributed by atoms with Gasteiger partial charge in [0.1, 0.15) is 23.6 Å². The molecular weight excluding hydrogens is 503 g/mol. The number of nitrogens with two attached hydrogens (primary N) is 1. The van der Waals surface area contributed by atoms with Crippen LogP contribution in [0.25, 0.3) is 0 Å². The number of aromatic nitrogens is 2. The minimum atomic E-state index is -5.71. The van der Waals surface area contributed by atoms with Gasteiger partial charge in [-0.1, -0.05) is 0 Å². The normalized spacial score (nSPS) is 31.8. The largest absolute Gasteiger partial charge is 0.490 e. The number of hydrogen-bond donors (Lipinski definition) is 6. The summed E-state index contributed by atoms with van der Waals surface area (Å²) in [5.74, 6) is -0.0175. The van der Waals surface area contributed by atoms with E-state index in [2.05, 4.69) is 18.1 Å². The summed E-state index contributed by atoms with van der Waals surface area (Å²) < 4.78 is 58.3. The highest BCUT2D eigenvalue weighted by Crippen LogP contribution is 2.66. The standard InChI is InChI=1S/C12H20N3O14P3/c1-6-4-15(11(17)14-9(6)13)10-7-8(16)12(27-10,2-3-25-7)5-26-31(21,22)29-32(23,24)28-30(18,19)20/h4,7-8,10,16H,2-3,5H2,1H3,(H,21,22)(H,23,24)(H2,13,14,17)(H2,18,19,20)/t7-,8+,10-,12-/m1/s1. The Labute approximate surface area is 179 Å². The highest BCUT2D eigenvalue weighted by atomic mass is 31.3. The van der Waals surface area contributed by atoms with E-state index in [1.165, 1.54) is 6.20 Å². The monoisotopic (exact) mass is 523 g/mol. The number of nitrogens with zero attached hydrogens (tertiary/aromatic N) is 2. The van der Waals surface area contributed by atoms with Crippen molar-refractivity contribution < 1.29 is 61.0 Å². The second-order valence-electron chi connectivity index (χ2n) is 6.97. The Balaban J connectivity index is 1.79. The van der Waals surface area contributed by atoms with Gasteiger partial charge in [-0.3, -0.25) is 9.09 Å². The van der Waals surface area contributed by atoms with Crippen LogP contribution in [0.2, 0.25) is 0 Å². The van der Waals surface area contributed by atoms with Crippen LogP contribution in [0.5, 0.6) is 0 Å². The Kier molecular flexibility index (Phi) is 6.91. The molecule has 2 unspecified atom stereocenters. The Morgan fingerprint density at radius 1 is 1.25 bits per heavy atom. The third-order valence-corrected chi connectivity index (χ3v) is 8.44. The lowest BCUT2D eigenvalue weighted by Gasteiger charge is -2.35. The molecule has 182 valence electrons. The van der Waals surface area contributed by atoms with Crippen molar-refractivity contribution in [2.75, 3.05) is 18.9 Å². The maximum atomic E-state index is 12.2. The van der Waals surface area contributed by atoms with Crippen LogP contribution in [-0.2, 0) is 36.3 Å². The van der Waals surface area contributed by atoms with Crippen molar-refractivity contribution in [1.29, 1.82) is 0 Å². The number of anilines is 1. The van der Waals surface area contributed by atoms with E-state index in [0.29, 0.717) is 5.56 Å². The van der Waals surface area contributed by atoms with E-state index in [9.17, 15) is 33.4 Å². The summed E-state index contributed by atoms with van der Waals surface area (Å²) in [6.45, 7) is 0.653. The van der Waals surface area contributed by atoms with Gasteiger partial charge in [-0.05, 0) is 6.92 Å². The average Bonchev–Trinajstić information content (AvgIpc) is 2.75. The maximum absolute atomic E-state index is 12.2. The number of hydrogen-bond acceptors (Lipinski definition) is 12. The minimum Gasteiger partial charge on any atom is -0.387 e. The zero-order chi connectivity index (χ0) is 24.1. The van der Waals surface area contributed by atoms with Gasteiger partial charge in [0, 0.05) is 18.2 Å². The number of phosphoric acid groups is 3. The second-order valence-corrected chi connectivity index (χ2v) is 11.4. The fourth-order valence-corrected chi connectivity index (χ4v) is 6.32. The van der Waals surface area contributed by atoms with Crippen LogP contribution in [0, 0.1) is 6.92 Å². The predicted octanol–water partition coefficient (Wildman–Crippen LogP) is -1.11. The molecule has 2 saturated heterocycles. The van der Waals surface area contributed by atoms with Gasteiger partial charge in [-0.2, -0.15) is 13.6 Å². The molecule has 17 nitrogen and oxygen atoms in total. The van der Waals surface area contributed by atoms with Gasteiger partial charge in [0.2, 0.25) is 0 Å². The van der Waals surface area contributed by atoms with E-state index in [1.54, 1.807) is 6.92 Å². The van der Waals surface area contributed by atoms with Gasteiger partial charge in [-0.15, -0.1) is 0 Å². The lowest BCUT2D eigenvalue weighted by molar-refractivity contribution is -0.141. The Hall–Kier alpha value is -1.03. The first-order chi connectivity index (χ1) is 14.5. The Bertz CT molecular complexity index is 1090. The van der Waals surface area contributed by atoms with E-state index in [-0.39, 0.29) is 18.8 Å². The van der Waals surface area contributed by atoms with Crippen LogP contribution in [0.1, 0.15) is 18.2 Å². The summed E-state index contributed by atoms with van der Waals surface area (Å²) >= 11 is 0. The zero-order valence-corrected chi connectivity index (χ0v) is 18.8. The van der Waals surface area contributed by atoms with Crippen LogP contribution >= 0.6 is 23.5 Å². The van der Waals surface area contributed by atoms with Crippen LogP contribution in [0.4, 0.5) is 5.82 Å². The van der Waals surface area contributed by atoms with Crippen LogP contribution in [0.15, 0.2) is 11.0 Å². The van der Waals surface area contributed by atoms with Crippen molar-refractivity contribution in [2.45, 2.75) is 37.4 Å². The average molecular weight is 523 g/mol. The van der Waals surface area contributed by atoms with Gasteiger partial charge in [0.25, 0.3) is 0 Å². The molecule has 7 N–H and O–H groups in total. The summed E-state index contributed by atoms with van der Waals surface area (Å²) in [5.41, 5.74) is 3.48. The van der Waals surface area contributed by atoms with E-state index < -0.39 is 59.8 Å². The number of fused-ring (bicyclic) bond motifs is 2. The quantitative estimate of drug-likeness (QED) is 0.221. The van der Waals surface area contributed by atoms with Crippen molar-refractivity contribution in [3.63, 3.8) is 0 Å². The van der Waals surface area contributed by atoms with Gasteiger partial charge >= 0.3 is 29.2 Å². The molecule has 6 atom stereocenters. The van der Waals surface area contributed by atoms with Crippen molar-refractivity contribution >= 4 is 29.3 Å². The lowest BCUT2D eigenvalue weighted by atomic mass is 9.90. The smallest absolute Gasteiger partial charge is 0.387 e. The first kappa shape index (κ1) is 25.6. The molecule has 32 heavy (non-hydrogen) atoms. The minimum absolute atomic E-state index is 0.0175. The molecule has 0 amide bonds. The summed E-state index contributed by atoms with van der Waals surface area (Å²) in [6.07, 6.45) is -2.60. The highest BCUT2D eigenvalue weighted by molar-refractivity contribution is 7.66. The number of phosphoric ester groups is 1. The zero-order valence-electron chi connectivity index (χ0n) is 16.2. The maximum Gasteiger partial charge on any atom is 0.490 e. The molecule has 3 heterocycles. The van der Waals surface area contributed by atoms with Crippen LogP contribution in [0.3, 0.4) is 0 Å². The Morgan fingerprint density at radius 2 is 1.91 bits per heavy atom. The first-order valence-corrected chi connectivity index (χ1v) is 13.2. The van der Waals surface area contributed by atoms with Gasteiger partial charge in [0.05, 0.1) is 13.2 Å². The molecule has 1 aromatic rings. The summed E-state index contributed by atoms with van der Waals surface area (Å²) in [7, 11) is -16.7. The molecule has 0 saturated carbocycles. The molecule has 0 aromatic carbocycles. The van der Waals surface area contributed by atoms with Gasteiger partial charge < -0.3 is 39.9 Å². The summed E-state index contributed by atoms with van der Waals surface area (Å²) in [6, 6.07) is 0. The number of nitrogen functional groups attached to an aromatic ring is 1. The molecular formula is C12H20N3O14P3. The van der Waals surface area contributed by atoms with Gasteiger partial charge in [0.15, 0.2) is 6.23 Å². The molecule has 2 aliphatic heterocycles.